The average Bonchev–Trinajstić information content (AvgIpc) is 2.73. The molecule has 0 spiro atoms. The first kappa shape index (κ1) is 27.1. The second-order valence-corrected chi connectivity index (χ2v) is 9.84. The fourth-order valence-electron chi connectivity index (χ4n) is 4.72. The molecule has 1 aromatic heterocycles. The number of rotatable bonds is 2. The molecule has 1 nitrogen and oxygen atoms in total. The summed E-state index contributed by atoms with van der Waals surface area (Å²) in [6.07, 6.45) is 3.87. The summed E-state index contributed by atoms with van der Waals surface area (Å²) in [6.45, 7) is 6.20. The molecule has 2 aromatic rings. The van der Waals surface area contributed by atoms with Gasteiger partial charge in [0.25, 0.3) is 0 Å². The van der Waals surface area contributed by atoms with E-state index in [1.807, 2.05) is 6.92 Å². The van der Waals surface area contributed by atoms with E-state index in [4.69, 9.17) is 0 Å². The first-order valence-electron chi connectivity index (χ1n) is 10.6. The minimum Gasteiger partial charge on any atom is -0.304 e. The third-order valence-electron chi connectivity index (χ3n) is 7.02. The van der Waals surface area contributed by atoms with Crippen LogP contribution in [0, 0.1) is 18.4 Å². The second kappa shape index (κ2) is 8.26. The van der Waals surface area contributed by atoms with Crippen molar-refractivity contribution in [2.75, 3.05) is 0 Å². The summed E-state index contributed by atoms with van der Waals surface area (Å²) in [5.74, 6) is -23.4. The van der Waals surface area contributed by atoms with Crippen LogP contribution >= 0.6 is 0 Å². The van der Waals surface area contributed by atoms with E-state index in [0.717, 1.165) is 36.8 Å². The summed E-state index contributed by atoms with van der Waals surface area (Å²) >= 11 is 0. The fraction of sp³-hybridized carbons (Fsp3) is 0.542. The van der Waals surface area contributed by atoms with Crippen LogP contribution in [0.1, 0.15) is 67.7 Å². The van der Waals surface area contributed by atoms with Gasteiger partial charge in [-0.1, -0.05) is 26.8 Å². The summed E-state index contributed by atoms with van der Waals surface area (Å²) in [5, 5.41) is 0. The van der Waals surface area contributed by atoms with Gasteiger partial charge in [-0.05, 0) is 42.7 Å². The van der Waals surface area contributed by atoms with Crippen molar-refractivity contribution < 1.29 is 55.2 Å². The van der Waals surface area contributed by atoms with Crippen molar-refractivity contribution >= 4 is 0 Å². The minimum absolute atomic E-state index is 0. The molecule has 34 heavy (non-hydrogen) atoms. The monoisotopic (exact) mass is 669 g/mol. The number of hydrogen-bond donors (Lipinski definition) is 0. The van der Waals surface area contributed by atoms with Crippen LogP contribution in [-0.2, 0) is 32.0 Å². The molecule has 0 bridgehead atoms. The summed E-state index contributed by atoms with van der Waals surface area (Å²) in [6, 6.07) is 6.39. The van der Waals surface area contributed by atoms with Gasteiger partial charge in [0.2, 0.25) is 0 Å². The number of pyridine rings is 1. The Bertz CT molecular complexity index is 1090. The van der Waals surface area contributed by atoms with Gasteiger partial charge in [0.05, 0.1) is 5.56 Å². The zero-order chi connectivity index (χ0) is 24.6. The SMILES string of the molecule is Cc1c[c-]c(-c2cc3c(cn2)C(F)(F)C(F)(F)C(F)(F)C3(F)F)cc1C1CCC(C)(C)CC1.[Ir]. The maximum Gasteiger partial charge on any atom is 0.383 e. The van der Waals surface area contributed by atoms with Gasteiger partial charge >= 0.3 is 23.7 Å². The molecule has 0 saturated heterocycles. The summed E-state index contributed by atoms with van der Waals surface area (Å²) in [4.78, 5) is 3.65. The normalized spacial score (nSPS) is 24.1. The molecule has 0 atom stereocenters. The van der Waals surface area contributed by atoms with Crippen LogP contribution in [0.5, 0.6) is 0 Å². The molecular weight excluding hydrogens is 646 g/mol. The van der Waals surface area contributed by atoms with Crippen LogP contribution in [0.4, 0.5) is 35.1 Å². The van der Waals surface area contributed by atoms with Gasteiger partial charge in [0.15, 0.2) is 0 Å². The van der Waals surface area contributed by atoms with E-state index in [9.17, 15) is 35.1 Å². The van der Waals surface area contributed by atoms with Crippen LogP contribution in [0.25, 0.3) is 11.3 Å². The maximum absolute atomic E-state index is 14.4. The van der Waals surface area contributed by atoms with Gasteiger partial charge < -0.3 is 4.98 Å². The zero-order valence-electron chi connectivity index (χ0n) is 18.5. The zero-order valence-corrected chi connectivity index (χ0v) is 20.9. The van der Waals surface area contributed by atoms with Crippen molar-refractivity contribution in [3.63, 3.8) is 0 Å². The van der Waals surface area contributed by atoms with Gasteiger partial charge in [0.1, 0.15) is 0 Å². The quantitative estimate of drug-likeness (QED) is 0.234. The van der Waals surface area contributed by atoms with Crippen LogP contribution in [0.15, 0.2) is 24.4 Å². The number of benzene rings is 1. The standard InChI is InChI=1S/C24H22F8N.Ir/c1-13-4-5-15(10-16(13)14-6-8-20(2,3)9-7-14)19-11-17-18(12-33-19)22(27,28)24(31,32)23(29,30)21(17,25)26;/h4,10-12,14H,6-9H2,1-3H3;/q-1;. The molecule has 0 aliphatic heterocycles. The second-order valence-electron chi connectivity index (χ2n) is 9.84. The Kier molecular flexibility index (Phi) is 6.57. The molecule has 1 aromatic carbocycles. The number of nitrogens with zero attached hydrogens (tertiary/aromatic N) is 1. The molecule has 0 N–H and O–H groups in total. The maximum atomic E-state index is 14.4. The Balaban J connectivity index is 0.00000324. The van der Waals surface area contributed by atoms with E-state index >= 15 is 0 Å². The molecule has 10 heteroatoms. The molecule has 2 aliphatic carbocycles. The third-order valence-corrected chi connectivity index (χ3v) is 7.02. The van der Waals surface area contributed by atoms with Crippen molar-refractivity contribution in [2.45, 2.75) is 76.1 Å². The summed E-state index contributed by atoms with van der Waals surface area (Å²) in [5.41, 5.74) is -1.93. The Hall–Kier alpha value is -1.54. The molecule has 1 radical (unpaired) electrons. The Morgan fingerprint density at radius 1 is 0.853 bits per heavy atom. The number of alkyl halides is 8. The Morgan fingerprint density at radius 3 is 1.94 bits per heavy atom. The molecule has 1 saturated carbocycles. The molecular formula is C24H22F8IrN-. The van der Waals surface area contributed by atoms with Crippen molar-refractivity contribution in [1.29, 1.82) is 0 Å². The largest absolute Gasteiger partial charge is 0.383 e. The first-order chi connectivity index (χ1) is 15.0. The van der Waals surface area contributed by atoms with E-state index in [1.54, 1.807) is 12.1 Å². The Labute approximate surface area is 205 Å². The van der Waals surface area contributed by atoms with Crippen molar-refractivity contribution in [2.24, 2.45) is 5.41 Å². The molecule has 4 rings (SSSR count). The van der Waals surface area contributed by atoms with E-state index in [0.29, 0.717) is 6.07 Å². The number of aromatic nitrogens is 1. The third kappa shape index (κ3) is 3.80. The molecule has 2 aliphatic rings. The topological polar surface area (TPSA) is 12.9 Å². The van der Waals surface area contributed by atoms with Gasteiger partial charge in [0, 0.05) is 31.9 Å². The van der Waals surface area contributed by atoms with Gasteiger partial charge in [-0.15, -0.1) is 34.9 Å². The number of aryl methyl sites for hydroxylation is 1. The number of hydrogen-bond acceptors (Lipinski definition) is 1. The van der Waals surface area contributed by atoms with Crippen molar-refractivity contribution in [1.82, 2.24) is 4.98 Å². The van der Waals surface area contributed by atoms with E-state index in [2.05, 4.69) is 24.9 Å². The van der Waals surface area contributed by atoms with Gasteiger partial charge in [-0.25, -0.2) is 0 Å². The smallest absolute Gasteiger partial charge is 0.304 e. The van der Waals surface area contributed by atoms with Crippen LogP contribution in [0.3, 0.4) is 0 Å². The molecule has 0 unspecified atom stereocenters. The molecule has 0 amide bonds. The summed E-state index contributed by atoms with van der Waals surface area (Å²) in [7, 11) is 0. The predicted molar refractivity (Wildman–Crippen MR) is 106 cm³/mol. The van der Waals surface area contributed by atoms with E-state index in [-0.39, 0.29) is 48.9 Å². The van der Waals surface area contributed by atoms with Crippen LogP contribution in [-0.4, -0.2) is 16.8 Å². The van der Waals surface area contributed by atoms with Crippen molar-refractivity contribution in [3.05, 3.63) is 52.7 Å². The molecule has 1 fully saturated rings. The van der Waals surface area contributed by atoms with Crippen LogP contribution in [0.2, 0.25) is 0 Å². The summed E-state index contributed by atoms with van der Waals surface area (Å²) < 4.78 is 112. The van der Waals surface area contributed by atoms with E-state index in [1.165, 1.54) is 0 Å². The average molecular weight is 669 g/mol. The minimum atomic E-state index is -6.29. The fourth-order valence-corrected chi connectivity index (χ4v) is 4.72. The number of fused-ring (bicyclic) bond motifs is 1. The Morgan fingerprint density at radius 2 is 1.38 bits per heavy atom. The van der Waals surface area contributed by atoms with Crippen LogP contribution < -0.4 is 0 Å². The van der Waals surface area contributed by atoms with E-state index < -0.39 is 34.8 Å². The predicted octanol–water partition coefficient (Wildman–Crippen LogP) is 8.01. The van der Waals surface area contributed by atoms with Gasteiger partial charge in [-0.2, -0.15) is 35.1 Å². The van der Waals surface area contributed by atoms with Gasteiger partial charge in [-0.3, -0.25) is 0 Å². The molecule has 1 heterocycles. The first-order valence-corrected chi connectivity index (χ1v) is 10.6. The number of halogens is 8. The molecule has 189 valence electrons. The van der Waals surface area contributed by atoms with Crippen molar-refractivity contribution in [3.8, 4) is 11.3 Å².